The molecule has 0 aromatic rings. The van der Waals surface area contributed by atoms with Crippen LogP contribution < -0.4 is 5.32 Å². The van der Waals surface area contributed by atoms with Gasteiger partial charge in [-0.2, -0.15) is 0 Å². The van der Waals surface area contributed by atoms with Crippen LogP contribution in [0.4, 0.5) is 0 Å². The number of likely N-dealkylation sites (tertiary alicyclic amines) is 1. The Bertz CT molecular complexity index is 300. The van der Waals surface area contributed by atoms with Gasteiger partial charge in [0.2, 0.25) is 0 Å². The molecule has 2 rings (SSSR count). The van der Waals surface area contributed by atoms with Crippen LogP contribution in [-0.2, 0) is 0 Å². The highest BCUT2D eigenvalue weighted by atomic mass is 127. The smallest absolute Gasteiger partial charge is 0.194 e. The third-order valence-corrected chi connectivity index (χ3v) is 4.54. The Balaban J connectivity index is 0.00000200. The maximum absolute atomic E-state index is 4.69. The Morgan fingerprint density at radius 1 is 1.20 bits per heavy atom. The minimum atomic E-state index is 0. The van der Waals surface area contributed by atoms with Crippen molar-refractivity contribution in [2.75, 3.05) is 32.7 Å². The number of rotatable bonds is 5. The van der Waals surface area contributed by atoms with Crippen molar-refractivity contribution in [3.05, 3.63) is 0 Å². The van der Waals surface area contributed by atoms with Gasteiger partial charge in [-0.3, -0.25) is 9.89 Å². The number of likely N-dealkylation sites (N-methyl/N-ethyl adjacent to an activating group) is 1. The maximum Gasteiger partial charge on any atom is 0.194 e. The fourth-order valence-electron chi connectivity index (χ4n) is 3.09. The topological polar surface area (TPSA) is 30.9 Å². The molecule has 118 valence electrons. The summed E-state index contributed by atoms with van der Waals surface area (Å²) >= 11 is 0. The van der Waals surface area contributed by atoms with Crippen molar-refractivity contribution in [3.63, 3.8) is 0 Å². The Morgan fingerprint density at radius 3 is 2.40 bits per heavy atom. The first-order chi connectivity index (χ1) is 9.28. The summed E-state index contributed by atoms with van der Waals surface area (Å²) in [5.41, 5.74) is 0. The van der Waals surface area contributed by atoms with Crippen LogP contribution in [0, 0.1) is 0 Å². The average molecular weight is 394 g/mol. The highest BCUT2D eigenvalue weighted by Gasteiger charge is 2.29. The van der Waals surface area contributed by atoms with E-state index in [4.69, 9.17) is 0 Å². The largest absolute Gasteiger partial charge is 0.354 e. The van der Waals surface area contributed by atoms with Crippen molar-refractivity contribution in [1.82, 2.24) is 15.1 Å². The monoisotopic (exact) mass is 394 g/mol. The molecule has 0 amide bonds. The average Bonchev–Trinajstić information content (AvgIpc) is 2.83. The number of guanidine groups is 1. The van der Waals surface area contributed by atoms with Gasteiger partial charge in [0.1, 0.15) is 0 Å². The summed E-state index contributed by atoms with van der Waals surface area (Å²) in [7, 11) is 0. The molecule has 4 nitrogen and oxygen atoms in total. The lowest BCUT2D eigenvalue weighted by atomic mass is 9.93. The summed E-state index contributed by atoms with van der Waals surface area (Å²) in [6.07, 6.45) is 5.28. The highest BCUT2D eigenvalue weighted by molar-refractivity contribution is 14.0. The van der Waals surface area contributed by atoms with Gasteiger partial charge in [-0.1, -0.05) is 13.8 Å². The molecule has 1 unspecified atom stereocenters. The molecule has 1 atom stereocenters. The second-order valence-corrected chi connectivity index (χ2v) is 5.68. The van der Waals surface area contributed by atoms with Crippen molar-refractivity contribution in [3.8, 4) is 0 Å². The van der Waals surface area contributed by atoms with Gasteiger partial charge >= 0.3 is 0 Å². The van der Waals surface area contributed by atoms with E-state index in [0.717, 1.165) is 38.7 Å². The molecule has 0 aromatic heterocycles. The molecule has 20 heavy (non-hydrogen) atoms. The Hall–Kier alpha value is -0.0400. The highest BCUT2D eigenvalue weighted by Crippen LogP contribution is 2.20. The molecular weight excluding hydrogens is 363 g/mol. The van der Waals surface area contributed by atoms with E-state index in [1.807, 2.05) is 0 Å². The summed E-state index contributed by atoms with van der Waals surface area (Å²) in [5, 5.41) is 3.65. The fourth-order valence-corrected chi connectivity index (χ4v) is 3.09. The number of aliphatic imine (C=N–C) groups is 1. The molecule has 1 heterocycles. The second kappa shape index (κ2) is 9.07. The van der Waals surface area contributed by atoms with Crippen molar-refractivity contribution in [2.24, 2.45) is 4.99 Å². The molecule has 1 N–H and O–H groups in total. The Morgan fingerprint density at radius 2 is 1.90 bits per heavy atom. The van der Waals surface area contributed by atoms with Gasteiger partial charge in [-0.15, -0.1) is 24.0 Å². The van der Waals surface area contributed by atoms with Crippen molar-refractivity contribution in [1.29, 1.82) is 0 Å². The lowest BCUT2D eigenvalue weighted by Gasteiger charge is -2.32. The van der Waals surface area contributed by atoms with E-state index in [9.17, 15) is 0 Å². The molecule has 0 radical (unpaired) electrons. The van der Waals surface area contributed by atoms with Crippen LogP contribution in [-0.4, -0.2) is 60.6 Å². The molecule has 1 aliphatic heterocycles. The molecule has 0 bridgehead atoms. The van der Waals surface area contributed by atoms with E-state index in [1.165, 1.54) is 25.7 Å². The number of nitrogens with one attached hydrogen (secondary N) is 1. The standard InChI is InChI=1S/C15H30N4.HI/c1-4-16-15(17-13-8-7-9-13)19-11-10-14(12-19)18(5-2)6-3;/h13-14H,4-12H2,1-3H3,(H,16,17);1H. The van der Waals surface area contributed by atoms with Crippen LogP contribution in [0.15, 0.2) is 4.99 Å². The van der Waals surface area contributed by atoms with E-state index in [0.29, 0.717) is 12.1 Å². The van der Waals surface area contributed by atoms with Crippen LogP contribution >= 0.6 is 24.0 Å². The van der Waals surface area contributed by atoms with E-state index >= 15 is 0 Å². The number of hydrogen-bond donors (Lipinski definition) is 1. The van der Waals surface area contributed by atoms with Crippen LogP contribution in [0.25, 0.3) is 0 Å². The van der Waals surface area contributed by atoms with Crippen LogP contribution in [0.3, 0.4) is 0 Å². The van der Waals surface area contributed by atoms with Gasteiger partial charge in [-0.05, 0) is 45.7 Å². The third-order valence-electron chi connectivity index (χ3n) is 4.54. The number of hydrogen-bond acceptors (Lipinski definition) is 2. The van der Waals surface area contributed by atoms with Gasteiger partial charge in [0.05, 0.1) is 0 Å². The molecule has 0 aromatic carbocycles. The molecule has 2 fully saturated rings. The lowest BCUT2D eigenvalue weighted by Crippen LogP contribution is -2.48. The van der Waals surface area contributed by atoms with Gasteiger partial charge < -0.3 is 10.2 Å². The van der Waals surface area contributed by atoms with Gasteiger partial charge in [0.25, 0.3) is 0 Å². The van der Waals surface area contributed by atoms with Gasteiger partial charge in [-0.25, -0.2) is 0 Å². The first-order valence-electron chi connectivity index (χ1n) is 8.08. The zero-order valence-electron chi connectivity index (χ0n) is 13.3. The predicted octanol–water partition coefficient (Wildman–Crippen LogP) is 2.54. The SMILES string of the molecule is CCN=C(NC1CCC1)N1CCC(N(CC)CC)C1.I. The minimum absolute atomic E-state index is 0. The first-order valence-corrected chi connectivity index (χ1v) is 8.08. The van der Waals surface area contributed by atoms with Crippen LogP contribution in [0.5, 0.6) is 0 Å². The van der Waals surface area contributed by atoms with E-state index < -0.39 is 0 Å². The predicted molar refractivity (Wildman–Crippen MR) is 97.1 cm³/mol. The third kappa shape index (κ3) is 4.48. The Labute approximate surface area is 141 Å². The first kappa shape index (κ1) is 18.0. The molecular formula is C15H31IN4. The molecule has 1 aliphatic carbocycles. The lowest BCUT2D eigenvalue weighted by molar-refractivity contribution is 0.222. The maximum atomic E-state index is 4.69. The van der Waals surface area contributed by atoms with E-state index in [2.05, 4.69) is 40.9 Å². The minimum Gasteiger partial charge on any atom is -0.354 e. The Kier molecular flexibility index (Phi) is 8.17. The summed E-state index contributed by atoms with van der Waals surface area (Å²) in [5.74, 6) is 1.15. The van der Waals surface area contributed by atoms with Crippen molar-refractivity contribution >= 4 is 29.9 Å². The van der Waals surface area contributed by atoms with Crippen LogP contribution in [0.2, 0.25) is 0 Å². The molecule has 2 aliphatic rings. The molecule has 0 spiro atoms. The fraction of sp³-hybridized carbons (Fsp3) is 0.933. The zero-order valence-corrected chi connectivity index (χ0v) is 15.6. The summed E-state index contributed by atoms with van der Waals surface area (Å²) in [6.45, 7) is 12.1. The molecule has 5 heteroatoms. The molecule has 1 saturated carbocycles. The van der Waals surface area contributed by atoms with Crippen molar-refractivity contribution < 1.29 is 0 Å². The van der Waals surface area contributed by atoms with E-state index in [1.54, 1.807) is 0 Å². The zero-order chi connectivity index (χ0) is 13.7. The summed E-state index contributed by atoms with van der Waals surface area (Å²) in [6, 6.07) is 1.39. The van der Waals surface area contributed by atoms with E-state index in [-0.39, 0.29) is 24.0 Å². The summed E-state index contributed by atoms with van der Waals surface area (Å²) in [4.78, 5) is 9.73. The second-order valence-electron chi connectivity index (χ2n) is 5.68. The number of halogens is 1. The van der Waals surface area contributed by atoms with Crippen LogP contribution in [0.1, 0.15) is 46.5 Å². The normalized spacial score (nSPS) is 23.7. The quantitative estimate of drug-likeness (QED) is 0.442. The van der Waals surface area contributed by atoms with Gasteiger partial charge in [0, 0.05) is 31.7 Å². The number of nitrogens with zero attached hydrogens (tertiary/aromatic N) is 3. The van der Waals surface area contributed by atoms with Gasteiger partial charge in [0.15, 0.2) is 5.96 Å². The molecule has 1 saturated heterocycles. The van der Waals surface area contributed by atoms with Crippen molar-refractivity contribution in [2.45, 2.75) is 58.5 Å². The summed E-state index contributed by atoms with van der Waals surface area (Å²) < 4.78 is 0.